The molecule has 122 valence electrons. The minimum absolute atomic E-state index is 0.0411. The van der Waals surface area contributed by atoms with Gasteiger partial charge in [0.05, 0.1) is 6.61 Å². The van der Waals surface area contributed by atoms with Gasteiger partial charge in [0.1, 0.15) is 18.0 Å². The molecule has 2 rings (SSSR count). The number of epoxide rings is 1. The molecule has 0 bridgehead atoms. The Hall–Kier alpha value is -1.28. The molecule has 0 aliphatic carbocycles. The maximum atomic E-state index is 5.74. The van der Waals surface area contributed by atoms with Crippen molar-refractivity contribution in [1.29, 1.82) is 0 Å². The van der Waals surface area contributed by atoms with Crippen molar-refractivity contribution in [2.75, 3.05) is 13.2 Å². The predicted molar refractivity (Wildman–Crippen MR) is 92.5 cm³/mol. The number of aryl methyl sites for hydroxylation is 1. The van der Waals surface area contributed by atoms with Gasteiger partial charge in [-0.25, -0.2) is 0 Å². The van der Waals surface area contributed by atoms with E-state index in [2.05, 4.69) is 50.3 Å². The molecule has 1 fully saturated rings. The summed E-state index contributed by atoms with van der Waals surface area (Å²) in [6.45, 7) is 5.80. The second kappa shape index (κ2) is 8.99. The Kier molecular flexibility index (Phi) is 6.98. The Morgan fingerprint density at radius 3 is 2.50 bits per heavy atom. The van der Waals surface area contributed by atoms with Crippen LogP contribution >= 0.6 is 0 Å². The van der Waals surface area contributed by atoms with Crippen LogP contribution in [0.5, 0.6) is 5.75 Å². The van der Waals surface area contributed by atoms with Crippen molar-refractivity contribution < 1.29 is 9.47 Å². The summed E-state index contributed by atoms with van der Waals surface area (Å²) in [6.07, 6.45) is 13.5. The van der Waals surface area contributed by atoms with Crippen LogP contribution in [0.1, 0.15) is 57.9 Å². The van der Waals surface area contributed by atoms with E-state index >= 15 is 0 Å². The van der Waals surface area contributed by atoms with Crippen molar-refractivity contribution in [3.8, 4) is 5.75 Å². The molecule has 1 atom stereocenters. The van der Waals surface area contributed by atoms with E-state index in [1.165, 1.54) is 37.7 Å². The van der Waals surface area contributed by atoms with Gasteiger partial charge in [0.25, 0.3) is 0 Å². The van der Waals surface area contributed by atoms with E-state index in [9.17, 15) is 0 Å². The van der Waals surface area contributed by atoms with Crippen LogP contribution in [-0.4, -0.2) is 18.8 Å². The maximum Gasteiger partial charge on any atom is 0.123 e. The molecule has 0 radical (unpaired) electrons. The second-order valence-corrected chi connectivity index (χ2v) is 6.53. The van der Waals surface area contributed by atoms with E-state index in [-0.39, 0.29) is 5.60 Å². The van der Waals surface area contributed by atoms with Crippen molar-refractivity contribution in [2.24, 2.45) is 0 Å². The van der Waals surface area contributed by atoms with Gasteiger partial charge < -0.3 is 9.47 Å². The highest BCUT2D eigenvalue weighted by Gasteiger charge is 2.40. The highest BCUT2D eigenvalue weighted by atomic mass is 16.6. The zero-order chi connectivity index (χ0) is 15.7. The van der Waals surface area contributed by atoms with Crippen LogP contribution in [0.25, 0.3) is 0 Å². The van der Waals surface area contributed by atoms with Crippen molar-refractivity contribution in [3.05, 3.63) is 42.0 Å². The largest absolute Gasteiger partial charge is 0.491 e. The zero-order valence-electron chi connectivity index (χ0n) is 14.1. The smallest absolute Gasteiger partial charge is 0.123 e. The van der Waals surface area contributed by atoms with Crippen LogP contribution in [-0.2, 0) is 11.2 Å². The summed E-state index contributed by atoms with van der Waals surface area (Å²) in [5.74, 6) is 0.937. The molecular weight excluding hydrogens is 272 g/mol. The van der Waals surface area contributed by atoms with Crippen LogP contribution in [0.2, 0.25) is 0 Å². The van der Waals surface area contributed by atoms with E-state index in [1.54, 1.807) is 0 Å². The zero-order valence-corrected chi connectivity index (χ0v) is 14.1. The van der Waals surface area contributed by atoms with E-state index < -0.39 is 0 Å². The standard InChI is InChI=1S/C20H30O2/c1-3-4-5-6-7-8-9-10-11-18-12-14-19(15-13-18)21-16-20(2)17-22-20/h8-9,12-15H,3-7,10-11,16-17H2,1-2H3/b9-8+. The van der Waals surface area contributed by atoms with Gasteiger partial charge in [-0.15, -0.1) is 0 Å². The molecule has 2 heteroatoms. The molecule has 0 saturated carbocycles. The molecule has 1 aromatic rings. The Balaban J connectivity index is 1.58. The normalized spacial score (nSPS) is 20.5. The van der Waals surface area contributed by atoms with Crippen LogP contribution < -0.4 is 4.74 Å². The SMILES string of the molecule is CCCCCC/C=C/CCc1ccc(OCC2(C)CO2)cc1. The topological polar surface area (TPSA) is 21.8 Å². The first-order valence-corrected chi connectivity index (χ1v) is 8.72. The van der Waals surface area contributed by atoms with Crippen molar-refractivity contribution in [2.45, 2.75) is 64.4 Å². The number of allylic oxidation sites excluding steroid dienone is 2. The van der Waals surface area contributed by atoms with Gasteiger partial charge in [-0.1, -0.05) is 50.5 Å². The van der Waals surface area contributed by atoms with Gasteiger partial charge in [0.15, 0.2) is 0 Å². The Labute approximate surface area is 135 Å². The van der Waals surface area contributed by atoms with Gasteiger partial charge in [-0.05, 0) is 50.3 Å². The molecule has 0 spiro atoms. The average molecular weight is 302 g/mol. The van der Waals surface area contributed by atoms with Crippen molar-refractivity contribution >= 4 is 0 Å². The lowest BCUT2D eigenvalue weighted by molar-refractivity contribution is 0.202. The number of ether oxygens (including phenoxy) is 2. The van der Waals surface area contributed by atoms with E-state index in [0.29, 0.717) is 6.61 Å². The molecule has 0 aromatic heterocycles. The molecule has 1 aliphatic heterocycles. The molecule has 1 unspecified atom stereocenters. The van der Waals surface area contributed by atoms with E-state index in [4.69, 9.17) is 9.47 Å². The summed E-state index contributed by atoms with van der Waals surface area (Å²) in [4.78, 5) is 0. The van der Waals surface area contributed by atoms with E-state index in [0.717, 1.165) is 25.2 Å². The lowest BCUT2D eigenvalue weighted by Crippen LogP contribution is -2.16. The van der Waals surface area contributed by atoms with Gasteiger partial charge >= 0.3 is 0 Å². The fourth-order valence-electron chi connectivity index (χ4n) is 2.37. The number of benzene rings is 1. The molecule has 0 N–H and O–H groups in total. The van der Waals surface area contributed by atoms with E-state index in [1.807, 2.05) is 0 Å². The lowest BCUT2D eigenvalue weighted by Gasteiger charge is -2.09. The molecule has 0 amide bonds. The Morgan fingerprint density at radius 1 is 1.09 bits per heavy atom. The van der Waals surface area contributed by atoms with Crippen molar-refractivity contribution in [3.63, 3.8) is 0 Å². The molecule has 1 heterocycles. The van der Waals surface area contributed by atoms with Crippen LogP contribution in [0, 0.1) is 0 Å². The third-order valence-electron chi connectivity index (χ3n) is 4.10. The maximum absolute atomic E-state index is 5.74. The predicted octanol–water partition coefficient (Wildman–Crippen LogP) is 5.31. The summed E-state index contributed by atoms with van der Waals surface area (Å²) in [7, 11) is 0. The summed E-state index contributed by atoms with van der Waals surface area (Å²) in [5.41, 5.74) is 1.33. The third kappa shape index (κ3) is 6.65. The first kappa shape index (κ1) is 17.1. The molecule has 2 nitrogen and oxygen atoms in total. The van der Waals surface area contributed by atoms with Crippen LogP contribution in [0.15, 0.2) is 36.4 Å². The summed E-state index contributed by atoms with van der Waals surface area (Å²) in [6, 6.07) is 8.46. The fraction of sp³-hybridized carbons (Fsp3) is 0.600. The summed E-state index contributed by atoms with van der Waals surface area (Å²) < 4.78 is 11.1. The van der Waals surface area contributed by atoms with Gasteiger partial charge in [0, 0.05) is 0 Å². The Morgan fingerprint density at radius 2 is 1.82 bits per heavy atom. The summed E-state index contributed by atoms with van der Waals surface area (Å²) in [5, 5.41) is 0. The minimum Gasteiger partial charge on any atom is -0.491 e. The highest BCUT2D eigenvalue weighted by molar-refractivity contribution is 5.27. The fourth-order valence-corrected chi connectivity index (χ4v) is 2.37. The molecule has 1 aromatic carbocycles. The van der Waals surface area contributed by atoms with Crippen molar-refractivity contribution in [1.82, 2.24) is 0 Å². The monoisotopic (exact) mass is 302 g/mol. The van der Waals surface area contributed by atoms with Gasteiger partial charge in [-0.2, -0.15) is 0 Å². The number of hydrogen-bond donors (Lipinski definition) is 0. The quantitative estimate of drug-likeness (QED) is 0.314. The highest BCUT2D eigenvalue weighted by Crippen LogP contribution is 2.27. The van der Waals surface area contributed by atoms with Gasteiger partial charge in [-0.3, -0.25) is 0 Å². The molecule has 1 saturated heterocycles. The lowest BCUT2D eigenvalue weighted by atomic mass is 10.1. The average Bonchev–Trinajstić information content (AvgIpc) is 3.27. The summed E-state index contributed by atoms with van der Waals surface area (Å²) >= 11 is 0. The first-order chi connectivity index (χ1) is 10.7. The second-order valence-electron chi connectivity index (χ2n) is 6.53. The first-order valence-electron chi connectivity index (χ1n) is 8.72. The molecule has 22 heavy (non-hydrogen) atoms. The number of rotatable bonds is 11. The number of unbranched alkanes of at least 4 members (excludes halogenated alkanes) is 4. The molecular formula is C20H30O2. The molecule has 1 aliphatic rings. The number of hydrogen-bond acceptors (Lipinski definition) is 2. The Bertz CT molecular complexity index is 443. The van der Waals surface area contributed by atoms with Gasteiger partial charge in [0.2, 0.25) is 0 Å². The third-order valence-corrected chi connectivity index (χ3v) is 4.10. The van der Waals surface area contributed by atoms with Crippen LogP contribution in [0.3, 0.4) is 0 Å². The minimum atomic E-state index is -0.0411. The van der Waals surface area contributed by atoms with Crippen LogP contribution in [0.4, 0.5) is 0 Å².